The highest BCUT2D eigenvalue weighted by Gasteiger charge is 2.34. The molecule has 1 heterocycles. The molecule has 0 spiro atoms. The van der Waals surface area contributed by atoms with Gasteiger partial charge in [-0.05, 0) is 17.7 Å². The zero-order valence-corrected chi connectivity index (χ0v) is 11.9. The fourth-order valence-electron chi connectivity index (χ4n) is 1.98. The van der Waals surface area contributed by atoms with E-state index in [0.717, 1.165) is 11.8 Å². The van der Waals surface area contributed by atoms with Gasteiger partial charge in [0.2, 0.25) is 0 Å². The van der Waals surface area contributed by atoms with E-state index in [9.17, 15) is 13.2 Å². The van der Waals surface area contributed by atoms with Gasteiger partial charge in [0.25, 0.3) is 16.0 Å². The summed E-state index contributed by atoms with van der Waals surface area (Å²) in [7, 11) is -3.61. The molecule has 0 unspecified atom stereocenters. The van der Waals surface area contributed by atoms with Crippen LogP contribution in [-0.4, -0.2) is 38.1 Å². The quantitative estimate of drug-likeness (QED) is 0.789. The van der Waals surface area contributed by atoms with Crippen molar-refractivity contribution in [1.29, 1.82) is 0 Å². The van der Waals surface area contributed by atoms with E-state index in [2.05, 4.69) is 0 Å². The Morgan fingerprint density at radius 1 is 1.37 bits per heavy atom. The van der Waals surface area contributed by atoms with Crippen molar-refractivity contribution >= 4 is 27.6 Å². The van der Waals surface area contributed by atoms with E-state index in [1.807, 2.05) is 12.1 Å². The van der Waals surface area contributed by atoms with Gasteiger partial charge in [-0.15, -0.1) is 0 Å². The molecule has 0 saturated carbocycles. The molecule has 1 aromatic rings. The lowest BCUT2D eigenvalue weighted by atomic mass is 10.2. The molecular formula is C12H14ClNO4S. The van der Waals surface area contributed by atoms with Gasteiger partial charge >= 0.3 is 0 Å². The zero-order chi connectivity index (χ0) is 14.0. The van der Waals surface area contributed by atoms with Crippen LogP contribution in [0.15, 0.2) is 24.3 Å². The van der Waals surface area contributed by atoms with Gasteiger partial charge in [0.1, 0.15) is 0 Å². The predicted molar refractivity (Wildman–Crippen MR) is 71.2 cm³/mol. The molecule has 1 fully saturated rings. The molecule has 0 N–H and O–H groups in total. The third-order valence-corrected chi connectivity index (χ3v) is 3.66. The van der Waals surface area contributed by atoms with Crippen molar-refractivity contribution in [3.05, 3.63) is 34.9 Å². The number of rotatable bonds is 4. The molecule has 0 aliphatic carbocycles. The summed E-state index contributed by atoms with van der Waals surface area (Å²) in [6.07, 6.45) is 0.448. The molecule has 1 aliphatic rings. The highest BCUT2D eigenvalue weighted by Crippen LogP contribution is 2.19. The third-order valence-electron chi connectivity index (χ3n) is 2.83. The van der Waals surface area contributed by atoms with Crippen LogP contribution < -0.4 is 0 Å². The topological polar surface area (TPSA) is 63.7 Å². The lowest BCUT2D eigenvalue weighted by Gasteiger charge is -2.16. The van der Waals surface area contributed by atoms with Gasteiger partial charge in [0.05, 0.1) is 6.26 Å². The molecular weight excluding hydrogens is 290 g/mol. The first-order valence-corrected chi connectivity index (χ1v) is 7.96. The first kappa shape index (κ1) is 14.3. The molecule has 7 heteroatoms. The van der Waals surface area contributed by atoms with Crippen molar-refractivity contribution < 1.29 is 17.4 Å². The van der Waals surface area contributed by atoms with E-state index in [0.29, 0.717) is 24.5 Å². The maximum atomic E-state index is 12.0. The maximum Gasteiger partial charge on any atom is 0.265 e. The molecule has 19 heavy (non-hydrogen) atoms. The van der Waals surface area contributed by atoms with Crippen LogP contribution in [0.1, 0.15) is 12.0 Å². The largest absolute Gasteiger partial charge is 0.336 e. The maximum absolute atomic E-state index is 12.0. The normalized spacial score (nSPS) is 20.0. The summed E-state index contributed by atoms with van der Waals surface area (Å²) < 4.78 is 26.8. The molecule has 1 aromatic carbocycles. The van der Waals surface area contributed by atoms with Crippen LogP contribution in [0.5, 0.6) is 0 Å². The Hall–Kier alpha value is -1.11. The van der Waals surface area contributed by atoms with Crippen molar-refractivity contribution in [3.63, 3.8) is 0 Å². The van der Waals surface area contributed by atoms with E-state index < -0.39 is 16.2 Å². The minimum atomic E-state index is -3.61. The lowest BCUT2D eigenvalue weighted by Crippen LogP contribution is -2.31. The van der Waals surface area contributed by atoms with Gasteiger partial charge in [-0.25, -0.2) is 0 Å². The minimum Gasteiger partial charge on any atom is -0.336 e. The van der Waals surface area contributed by atoms with Crippen molar-refractivity contribution in [1.82, 2.24) is 4.90 Å². The Labute approximate surface area is 117 Å². The van der Waals surface area contributed by atoms with Crippen LogP contribution >= 0.6 is 11.6 Å². The van der Waals surface area contributed by atoms with Crippen LogP contribution in [-0.2, 0) is 25.6 Å². The fourth-order valence-corrected chi connectivity index (χ4v) is 2.70. The van der Waals surface area contributed by atoms with Crippen molar-refractivity contribution in [2.24, 2.45) is 0 Å². The Morgan fingerprint density at radius 2 is 2.00 bits per heavy atom. The number of carbonyl (C=O) groups excluding carboxylic acids is 1. The molecule has 1 aliphatic heterocycles. The molecule has 1 saturated heterocycles. The van der Waals surface area contributed by atoms with Gasteiger partial charge in [-0.2, -0.15) is 8.42 Å². The molecule has 0 radical (unpaired) electrons. The van der Waals surface area contributed by atoms with Crippen molar-refractivity contribution in [2.45, 2.75) is 19.1 Å². The van der Waals surface area contributed by atoms with Crippen molar-refractivity contribution in [2.75, 3.05) is 12.8 Å². The van der Waals surface area contributed by atoms with E-state index in [4.69, 9.17) is 15.8 Å². The fraction of sp³-hybridized carbons (Fsp3) is 0.417. The van der Waals surface area contributed by atoms with Crippen LogP contribution in [0.4, 0.5) is 0 Å². The number of hydrogen-bond donors (Lipinski definition) is 0. The molecule has 5 nitrogen and oxygen atoms in total. The first-order valence-electron chi connectivity index (χ1n) is 5.76. The Kier molecular flexibility index (Phi) is 4.13. The minimum absolute atomic E-state index is 0.291. The smallest absolute Gasteiger partial charge is 0.265 e. The molecule has 0 bridgehead atoms. The van der Waals surface area contributed by atoms with Crippen molar-refractivity contribution in [3.8, 4) is 0 Å². The molecule has 104 valence electrons. The van der Waals surface area contributed by atoms with Crippen LogP contribution in [0.25, 0.3) is 0 Å². The van der Waals surface area contributed by atoms with E-state index in [1.165, 1.54) is 0 Å². The highest BCUT2D eigenvalue weighted by molar-refractivity contribution is 7.86. The Bertz CT molecular complexity index is 570. The zero-order valence-electron chi connectivity index (χ0n) is 10.4. The number of likely N-dealkylation sites (tertiary alicyclic amines) is 1. The average Bonchev–Trinajstić information content (AvgIpc) is 2.63. The van der Waals surface area contributed by atoms with E-state index in [-0.39, 0.29) is 5.91 Å². The summed E-state index contributed by atoms with van der Waals surface area (Å²) >= 11 is 5.79. The lowest BCUT2D eigenvalue weighted by molar-refractivity contribution is -0.133. The monoisotopic (exact) mass is 303 g/mol. The number of carbonyl (C=O) groups is 1. The van der Waals surface area contributed by atoms with Gasteiger partial charge in [0.15, 0.2) is 6.10 Å². The number of benzene rings is 1. The van der Waals surface area contributed by atoms with Gasteiger partial charge in [-0.1, -0.05) is 23.7 Å². The predicted octanol–water partition coefficient (Wildman–Crippen LogP) is 1.42. The van der Waals surface area contributed by atoms with E-state index >= 15 is 0 Å². The summed E-state index contributed by atoms with van der Waals surface area (Å²) in [4.78, 5) is 13.5. The third kappa shape index (κ3) is 3.92. The summed E-state index contributed by atoms with van der Waals surface area (Å²) in [6, 6.07) is 7.17. The number of amides is 1. The van der Waals surface area contributed by atoms with Crippen LogP contribution in [0, 0.1) is 0 Å². The van der Waals surface area contributed by atoms with Gasteiger partial charge in [0, 0.05) is 24.5 Å². The Balaban J connectivity index is 2.00. The Morgan fingerprint density at radius 3 is 2.58 bits per heavy atom. The summed E-state index contributed by atoms with van der Waals surface area (Å²) in [5.74, 6) is -0.291. The van der Waals surface area contributed by atoms with Gasteiger partial charge in [-0.3, -0.25) is 8.98 Å². The number of halogens is 1. The summed E-state index contributed by atoms with van der Waals surface area (Å²) in [5, 5.41) is 0.634. The summed E-state index contributed by atoms with van der Waals surface area (Å²) in [5.41, 5.74) is 0.942. The second-order valence-corrected chi connectivity index (χ2v) is 6.50. The van der Waals surface area contributed by atoms with Gasteiger partial charge < -0.3 is 4.90 Å². The second-order valence-electron chi connectivity index (χ2n) is 4.46. The molecule has 1 atom stereocenters. The van der Waals surface area contributed by atoms with Crippen LogP contribution in [0.2, 0.25) is 5.02 Å². The molecule has 0 aromatic heterocycles. The number of nitrogens with zero attached hydrogens (tertiary/aromatic N) is 1. The molecule has 1 amide bonds. The standard InChI is InChI=1S/C12H14ClNO4S/c1-19(16,17)18-11-6-7-14(12(11)15)8-9-2-4-10(13)5-3-9/h2-5,11H,6-8H2,1H3/t11-/m1/s1. The van der Waals surface area contributed by atoms with E-state index in [1.54, 1.807) is 17.0 Å². The second kappa shape index (κ2) is 5.48. The summed E-state index contributed by atoms with van der Waals surface area (Å²) in [6.45, 7) is 0.918. The molecule has 2 rings (SSSR count). The first-order chi connectivity index (χ1) is 8.85. The van der Waals surface area contributed by atoms with Crippen LogP contribution in [0.3, 0.4) is 0 Å². The SMILES string of the molecule is CS(=O)(=O)O[C@@H]1CCN(Cc2ccc(Cl)cc2)C1=O. The highest BCUT2D eigenvalue weighted by atomic mass is 35.5. The average molecular weight is 304 g/mol. The number of hydrogen-bond acceptors (Lipinski definition) is 4.